The number of aromatic nitrogens is 1. The Hall–Kier alpha value is -2.61. The molecule has 0 bridgehead atoms. The van der Waals surface area contributed by atoms with Crippen molar-refractivity contribution in [2.75, 3.05) is 0 Å². The number of carbonyl (C=O) groups is 1. The van der Waals surface area contributed by atoms with E-state index in [0.29, 0.717) is 11.3 Å². The van der Waals surface area contributed by atoms with E-state index >= 15 is 0 Å². The summed E-state index contributed by atoms with van der Waals surface area (Å²) in [6.45, 7) is 5.54. The standard InChI is InChI=1S/C18H15NO/c1-13(2)18(20)17-16(14-8-4-3-5-9-14)12-15-10-6-7-11-19(15)17/h3-12H,1H2,2H3. The van der Waals surface area contributed by atoms with Crippen LogP contribution in [0.4, 0.5) is 0 Å². The molecular weight excluding hydrogens is 246 g/mol. The van der Waals surface area contributed by atoms with Crippen LogP contribution in [0.2, 0.25) is 0 Å². The number of ketones is 1. The van der Waals surface area contributed by atoms with Crippen LogP contribution in [0.5, 0.6) is 0 Å². The van der Waals surface area contributed by atoms with E-state index in [4.69, 9.17) is 0 Å². The number of nitrogens with zero attached hydrogens (tertiary/aromatic N) is 1. The van der Waals surface area contributed by atoms with Crippen molar-refractivity contribution < 1.29 is 4.79 Å². The largest absolute Gasteiger partial charge is 0.313 e. The summed E-state index contributed by atoms with van der Waals surface area (Å²) in [7, 11) is 0. The molecule has 0 spiro atoms. The predicted octanol–water partition coefficient (Wildman–Crippen LogP) is 4.37. The van der Waals surface area contributed by atoms with Crippen LogP contribution in [0.3, 0.4) is 0 Å². The van der Waals surface area contributed by atoms with E-state index in [-0.39, 0.29) is 5.78 Å². The number of Topliss-reactive ketones (excluding diaryl/α,β-unsaturated/α-hetero) is 1. The first kappa shape index (κ1) is 12.4. The van der Waals surface area contributed by atoms with E-state index in [2.05, 4.69) is 6.58 Å². The fraction of sp³-hybridized carbons (Fsp3) is 0.0556. The Balaban J connectivity index is 2.34. The molecule has 20 heavy (non-hydrogen) atoms. The summed E-state index contributed by atoms with van der Waals surface area (Å²) < 4.78 is 1.93. The van der Waals surface area contributed by atoms with E-state index < -0.39 is 0 Å². The number of hydrogen-bond donors (Lipinski definition) is 0. The van der Waals surface area contributed by atoms with Crippen molar-refractivity contribution in [3.8, 4) is 11.1 Å². The van der Waals surface area contributed by atoms with Crippen molar-refractivity contribution in [1.82, 2.24) is 4.40 Å². The first-order valence-electron chi connectivity index (χ1n) is 6.54. The molecule has 2 heteroatoms. The molecule has 98 valence electrons. The summed E-state index contributed by atoms with van der Waals surface area (Å²) in [5, 5.41) is 0. The van der Waals surface area contributed by atoms with Crippen LogP contribution in [0.25, 0.3) is 16.6 Å². The number of fused-ring (bicyclic) bond motifs is 1. The van der Waals surface area contributed by atoms with E-state index in [9.17, 15) is 4.79 Å². The second kappa shape index (κ2) is 4.82. The highest BCUT2D eigenvalue weighted by molar-refractivity contribution is 6.12. The number of allylic oxidation sites excluding steroid dienone is 1. The van der Waals surface area contributed by atoms with Gasteiger partial charge in [0.05, 0.1) is 0 Å². The quantitative estimate of drug-likeness (QED) is 0.507. The van der Waals surface area contributed by atoms with Gasteiger partial charge in [-0.1, -0.05) is 43.0 Å². The van der Waals surface area contributed by atoms with E-state index in [1.54, 1.807) is 6.92 Å². The maximum Gasteiger partial charge on any atom is 0.205 e. The molecule has 0 fully saturated rings. The Kier molecular flexibility index (Phi) is 2.99. The average Bonchev–Trinajstić information content (AvgIpc) is 2.86. The summed E-state index contributed by atoms with van der Waals surface area (Å²) in [5.74, 6) is -0.0185. The van der Waals surface area contributed by atoms with Gasteiger partial charge in [-0.05, 0) is 36.3 Å². The highest BCUT2D eigenvalue weighted by Gasteiger charge is 2.18. The number of carbonyl (C=O) groups excluding carboxylic acids is 1. The maximum atomic E-state index is 12.5. The molecule has 2 heterocycles. The van der Waals surface area contributed by atoms with Gasteiger partial charge < -0.3 is 4.40 Å². The molecule has 0 amide bonds. The predicted molar refractivity (Wildman–Crippen MR) is 82.0 cm³/mol. The Morgan fingerprint density at radius 1 is 1.05 bits per heavy atom. The van der Waals surface area contributed by atoms with Crippen LogP contribution in [-0.4, -0.2) is 10.2 Å². The molecule has 0 atom stereocenters. The molecule has 0 radical (unpaired) electrons. The zero-order valence-corrected chi connectivity index (χ0v) is 11.3. The minimum atomic E-state index is -0.0185. The molecule has 0 aliphatic rings. The highest BCUT2D eigenvalue weighted by Crippen LogP contribution is 2.29. The summed E-state index contributed by atoms with van der Waals surface area (Å²) in [6.07, 6.45) is 1.91. The third kappa shape index (κ3) is 1.95. The molecule has 0 saturated heterocycles. The molecule has 0 saturated carbocycles. The van der Waals surface area contributed by atoms with Gasteiger partial charge in [0.25, 0.3) is 0 Å². The fourth-order valence-electron chi connectivity index (χ4n) is 2.40. The molecule has 3 aromatic rings. The van der Waals surface area contributed by atoms with Crippen LogP contribution in [0.15, 0.2) is 72.9 Å². The molecular formula is C18H15NO. The zero-order chi connectivity index (χ0) is 14.1. The second-order valence-electron chi connectivity index (χ2n) is 4.88. The lowest BCUT2D eigenvalue weighted by molar-refractivity contribution is 0.103. The number of rotatable bonds is 3. The van der Waals surface area contributed by atoms with Gasteiger partial charge in [0.1, 0.15) is 5.69 Å². The van der Waals surface area contributed by atoms with Crippen molar-refractivity contribution in [1.29, 1.82) is 0 Å². The molecule has 0 aliphatic carbocycles. The molecule has 0 N–H and O–H groups in total. The zero-order valence-electron chi connectivity index (χ0n) is 11.3. The maximum absolute atomic E-state index is 12.5. The average molecular weight is 261 g/mol. The molecule has 0 aliphatic heterocycles. The Morgan fingerprint density at radius 2 is 1.75 bits per heavy atom. The van der Waals surface area contributed by atoms with Gasteiger partial charge in [0.15, 0.2) is 0 Å². The van der Waals surface area contributed by atoms with Crippen LogP contribution >= 0.6 is 0 Å². The van der Waals surface area contributed by atoms with Crippen molar-refractivity contribution in [3.05, 3.63) is 78.6 Å². The Bertz CT molecular complexity index is 797. The highest BCUT2D eigenvalue weighted by atomic mass is 16.1. The van der Waals surface area contributed by atoms with Gasteiger partial charge in [-0.25, -0.2) is 0 Å². The third-order valence-electron chi connectivity index (χ3n) is 3.37. The molecule has 0 unspecified atom stereocenters. The third-order valence-corrected chi connectivity index (χ3v) is 3.37. The van der Waals surface area contributed by atoms with Crippen molar-refractivity contribution in [2.45, 2.75) is 6.92 Å². The fourth-order valence-corrected chi connectivity index (χ4v) is 2.40. The summed E-state index contributed by atoms with van der Waals surface area (Å²) in [6, 6.07) is 17.9. The van der Waals surface area contributed by atoms with Gasteiger partial charge >= 0.3 is 0 Å². The Morgan fingerprint density at radius 3 is 2.45 bits per heavy atom. The summed E-state index contributed by atoms with van der Waals surface area (Å²) in [5.41, 5.74) is 4.23. The van der Waals surface area contributed by atoms with Crippen molar-refractivity contribution in [2.24, 2.45) is 0 Å². The summed E-state index contributed by atoms with van der Waals surface area (Å²) >= 11 is 0. The lowest BCUT2D eigenvalue weighted by atomic mass is 10.0. The minimum Gasteiger partial charge on any atom is -0.313 e. The van der Waals surface area contributed by atoms with Gasteiger partial charge in [-0.3, -0.25) is 4.79 Å². The summed E-state index contributed by atoms with van der Waals surface area (Å²) in [4.78, 5) is 12.5. The van der Waals surface area contributed by atoms with Gasteiger partial charge in [0.2, 0.25) is 5.78 Å². The van der Waals surface area contributed by atoms with Crippen LogP contribution in [0, 0.1) is 0 Å². The van der Waals surface area contributed by atoms with Gasteiger partial charge in [-0.15, -0.1) is 0 Å². The van der Waals surface area contributed by atoms with Gasteiger partial charge in [-0.2, -0.15) is 0 Å². The van der Waals surface area contributed by atoms with Crippen molar-refractivity contribution >= 4 is 11.3 Å². The first-order chi connectivity index (χ1) is 9.68. The van der Waals surface area contributed by atoms with Crippen LogP contribution in [0.1, 0.15) is 17.4 Å². The normalized spacial score (nSPS) is 10.7. The van der Waals surface area contributed by atoms with E-state index in [0.717, 1.165) is 16.6 Å². The Labute approximate surface area is 118 Å². The molecule has 2 aromatic heterocycles. The van der Waals surface area contributed by atoms with Crippen molar-refractivity contribution in [3.63, 3.8) is 0 Å². The van der Waals surface area contributed by atoms with Crippen LogP contribution in [-0.2, 0) is 0 Å². The topological polar surface area (TPSA) is 21.5 Å². The number of benzene rings is 1. The van der Waals surface area contributed by atoms with Gasteiger partial charge in [0, 0.05) is 17.3 Å². The molecule has 2 nitrogen and oxygen atoms in total. The number of pyridine rings is 1. The van der Waals surface area contributed by atoms with E-state index in [1.165, 1.54) is 0 Å². The smallest absolute Gasteiger partial charge is 0.205 e. The van der Waals surface area contributed by atoms with Crippen LogP contribution < -0.4 is 0 Å². The lowest BCUT2D eigenvalue weighted by Crippen LogP contribution is -2.05. The monoisotopic (exact) mass is 261 g/mol. The number of hydrogen-bond acceptors (Lipinski definition) is 1. The molecule has 3 rings (SSSR count). The SMILES string of the molecule is C=C(C)C(=O)c1c(-c2ccccc2)cc2ccccn12. The first-order valence-corrected chi connectivity index (χ1v) is 6.54. The minimum absolute atomic E-state index is 0.0185. The van der Waals surface area contributed by atoms with E-state index in [1.807, 2.05) is 65.2 Å². The molecule has 1 aromatic carbocycles. The second-order valence-corrected chi connectivity index (χ2v) is 4.88. The lowest BCUT2D eigenvalue weighted by Gasteiger charge is -2.05.